The van der Waals surface area contributed by atoms with E-state index in [2.05, 4.69) is 49.8 Å². The number of rotatable bonds is 5. The first-order chi connectivity index (χ1) is 19.8. The molecule has 0 aliphatic carbocycles. The number of para-hydroxylation sites is 1. The van der Waals surface area contributed by atoms with Crippen molar-refractivity contribution in [3.8, 4) is 5.75 Å². The molecule has 1 spiro atoms. The molecule has 0 bridgehead atoms. The fourth-order valence-electron chi connectivity index (χ4n) is 6.38. The van der Waals surface area contributed by atoms with Crippen molar-refractivity contribution in [2.75, 3.05) is 19.7 Å². The Morgan fingerprint density at radius 3 is 2.79 bits per heavy atom. The van der Waals surface area contributed by atoms with Crippen molar-refractivity contribution in [3.63, 3.8) is 0 Å². The van der Waals surface area contributed by atoms with Crippen LogP contribution < -0.4 is 37.1 Å². The van der Waals surface area contributed by atoms with Crippen LogP contribution in [0.1, 0.15) is 52.4 Å². The van der Waals surface area contributed by atoms with E-state index in [1.807, 2.05) is 6.07 Å². The molecular formula is C27H35N10O5+. The average molecular weight is 580 g/mol. The van der Waals surface area contributed by atoms with Crippen LogP contribution in [-0.2, 0) is 5.41 Å². The quantitative estimate of drug-likeness (QED) is 0.160. The van der Waals surface area contributed by atoms with Crippen molar-refractivity contribution in [3.05, 3.63) is 53.1 Å². The molecule has 1 aromatic carbocycles. The number of hydrogen-bond donors (Lipinski definition) is 8. The molecule has 4 aliphatic rings. The predicted octanol–water partition coefficient (Wildman–Crippen LogP) is -3.87. The highest BCUT2D eigenvalue weighted by atomic mass is 16.5. The van der Waals surface area contributed by atoms with Gasteiger partial charge in [0, 0.05) is 18.3 Å². The third kappa shape index (κ3) is 4.10. The van der Waals surface area contributed by atoms with Crippen LogP contribution >= 0.6 is 0 Å². The number of amides is 2. The summed E-state index contributed by atoms with van der Waals surface area (Å²) in [7, 11) is 0. The summed E-state index contributed by atoms with van der Waals surface area (Å²) in [6, 6.07) is 2.50. The number of carbonyl (C=O) groups excluding carboxylic acids is 2. The van der Waals surface area contributed by atoms with E-state index in [1.165, 1.54) is 17.3 Å². The molecule has 5 heterocycles. The van der Waals surface area contributed by atoms with Crippen LogP contribution in [0.3, 0.4) is 0 Å². The van der Waals surface area contributed by atoms with Crippen LogP contribution in [0.5, 0.6) is 5.75 Å². The maximum absolute atomic E-state index is 13.6. The molecule has 1 saturated heterocycles. The molecule has 15 heteroatoms. The Morgan fingerprint density at radius 2 is 2.02 bits per heavy atom. The van der Waals surface area contributed by atoms with Gasteiger partial charge in [-0.2, -0.15) is 0 Å². The molecule has 15 nitrogen and oxygen atoms in total. The summed E-state index contributed by atoms with van der Waals surface area (Å²) in [6.45, 7) is 6.23. The molecule has 2 amide bonds. The number of aryl methyl sites for hydroxylation is 1. The maximum atomic E-state index is 13.6. The van der Waals surface area contributed by atoms with Gasteiger partial charge in [-0.3, -0.25) is 30.2 Å². The second-order valence-corrected chi connectivity index (χ2v) is 11.8. The van der Waals surface area contributed by atoms with Gasteiger partial charge in [0.25, 0.3) is 17.5 Å². The van der Waals surface area contributed by atoms with Gasteiger partial charge < -0.3 is 31.3 Å². The third-order valence-corrected chi connectivity index (χ3v) is 8.61. The number of nitrogens with zero attached hydrogens (tertiary/aromatic N) is 4. The third-order valence-electron chi connectivity index (χ3n) is 8.61. The number of aliphatic imine (C=N–C) groups is 1. The van der Waals surface area contributed by atoms with Crippen molar-refractivity contribution in [2.45, 2.75) is 62.2 Å². The number of ether oxygens (including phenoxy) is 1. The van der Waals surface area contributed by atoms with Crippen molar-refractivity contribution in [2.24, 2.45) is 16.5 Å². The van der Waals surface area contributed by atoms with E-state index < -0.39 is 41.4 Å². The molecular weight excluding hydrogens is 544 g/mol. The number of benzene rings is 1. The molecule has 2 unspecified atom stereocenters. The van der Waals surface area contributed by atoms with Gasteiger partial charge in [-0.05, 0) is 24.8 Å². The molecule has 0 radical (unpaired) electrons. The van der Waals surface area contributed by atoms with Crippen LogP contribution in [0.25, 0.3) is 0 Å². The van der Waals surface area contributed by atoms with E-state index in [9.17, 15) is 19.8 Å². The number of guanidine groups is 2. The van der Waals surface area contributed by atoms with E-state index >= 15 is 0 Å². The standard InChI is InChI=1S/C27H34N10O5/c1-13-9-30-10-17(32-13)22(39)31-11-16-20-26(36-23(28)35-20)27(40,41)18(12-37(26)24(29)33-16)34-21(38)14-5-4-6-15-19(14)42-8-7-25(15,2)3/h4-6,9-10,16,18,20,40-41H,7-8,11-12H2,1-3H3,(H2,29,33)(H,31,39)(H,34,38)(H3,28,35,36)/p+1/t16-,18?,20-,26?/m0/s1. The normalized spacial score (nSPS) is 28.2. The summed E-state index contributed by atoms with van der Waals surface area (Å²) >= 11 is 0. The molecule has 2 aromatic rings. The number of fused-ring (bicyclic) bond motifs is 1. The Hall–Kier alpha value is -4.50. The first-order valence-corrected chi connectivity index (χ1v) is 13.7. The van der Waals surface area contributed by atoms with Gasteiger partial charge in [0.15, 0.2) is 12.0 Å². The van der Waals surface area contributed by atoms with E-state index in [0.717, 1.165) is 12.0 Å². The molecule has 10 N–H and O–H groups in total. The first-order valence-electron chi connectivity index (χ1n) is 13.7. The van der Waals surface area contributed by atoms with Crippen molar-refractivity contribution < 1.29 is 29.5 Å². The summed E-state index contributed by atoms with van der Waals surface area (Å²) in [5.74, 6) is -3.09. The van der Waals surface area contributed by atoms with Gasteiger partial charge in [0.05, 0.1) is 30.6 Å². The number of aliphatic hydroxyl groups is 2. The Morgan fingerprint density at radius 1 is 1.24 bits per heavy atom. The average Bonchev–Trinajstić information content (AvgIpc) is 3.40. The molecule has 1 fully saturated rings. The minimum absolute atomic E-state index is 0.0174. The van der Waals surface area contributed by atoms with Crippen LogP contribution in [-0.4, -0.2) is 98.1 Å². The summed E-state index contributed by atoms with van der Waals surface area (Å²) < 4.78 is 5.90. The van der Waals surface area contributed by atoms with Gasteiger partial charge in [0.1, 0.15) is 23.5 Å². The number of hydrogen-bond acceptors (Lipinski definition) is 12. The lowest BCUT2D eigenvalue weighted by molar-refractivity contribution is -0.521. The van der Waals surface area contributed by atoms with Gasteiger partial charge in [-0.15, -0.1) is 0 Å². The van der Waals surface area contributed by atoms with E-state index in [-0.39, 0.29) is 36.1 Å². The minimum atomic E-state index is -2.60. The van der Waals surface area contributed by atoms with Crippen LogP contribution in [0.15, 0.2) is 35.6 Å². The molecule has 6 rings (SSSR count). The Bertz CT molecular complexity index is 1520. The fraction of sp³-hybridized carbons (Fsp3) is 0.481. The molecule has 222 valence electrons. The van der Waals surface area contributed by atoms with Gasteiger partial charge >= 0.3 is 5.96 Å². The lowest BCUT2D eigenvalue weighted by atomic mass is 9.79. The Kier molecular flexibility index (Phi) is 6.27. The van der Waals surface area contributed by atoms with E-state index in [4.69, 9.17) is 16.2 Å². The lowest BCUT2D eigenvalue weighted by Gasteiger charge is -2.46. The Labute approximate surface area is 241 Å². The van der Waals surface area contributed by atoms with E-state index in [0.29, 0.717) is 23.6 Å². The zero-order valence-electron chi connectivity index (χ0n) is 23.5. The van der Waals surface area contributed by atoms with Crippen LogP contribution in [0.4, 0.5) is 0 Å². The molecule has 42 heavy (non-hydrogen) atoms. The number of nitrogens with two attached hydrogens (primary N) is 2. The highest BCUT2D eigenvalue weighted by Gasteiger charge is 2.76. The van der Waals surface area contributed by atoms with Gasteiger partial charge in [0.2, 0.25) is 5.79 Å². The maximum Gasteiger partial charge on any atom is 0.343 e. The van der Waals surface area contributed by atoms with Gasteiger partial charge in [-0.25, -0.2) is 15.3 Å². The number of aromatic nitrogens is 2. The van der Waals surface area contributed by atoms with Crippen molar-refractivity contribution in [1.29, 1.82) is 0 Å². The second kappa shape index (κ2) is 9.52. The lowest BCUT2D eigenvalue weighted by Crippen LogP contribution is -2.90. The predicted molar refractivity (Wildman–Crippen MR) is 149 cm³/mol. The van der Waals surface area contributed by atoms with E-state index in [1.54, 1.807) is 19.1 Å². The fourth-order valence-corrected chi connectivity index (χ4v) is 6.38. The SMILES string of the molecule is Cc1cncc(C(=O)NC[C@@H]2N=C(N)N3CC(NC(=O)c4cccc5c4OCCC5(C)C)C(O)(O)C34NC(N)=[NH+][C@@H]24)n1. The zero-order chi connectivity index (χ0) is 30.0. The van der Waals surface area contributed by atoms with Crippen molar-refractivity contribution in [1.82, 2.24) is 30.8 Å². The molecule has 1 aromatic heterocycles. The monoisotopic (exact) mass is 579 g/mol. The highest BCUT2D eigenvalue weighted by Crippen LogP contribution is 2.43. The largest absolute Gasteiger partial charge is 0.492 e. The molecule has 0 saturated carbocycles. The minimum Gasteiger partial charge on any atom is -0.492 e. The van der Waals surface area contributed by atoms with Gasteiger partial charge in [-0.1, -0.05) is 26.0 Å². The molecule has 4 aliphatic heterocycles. The number of carbonyl (C=O) groups is 2. The summed E-state index contributed by atoms with van der Waals surface area (Å²) in [5.41, 5.74) is 12.5. The van der Waals surface area contributed by atoms with Crippen molar-refractivity contribution >= 4 is 23.7 Å². The smallest absolute Gasteiger partial charge is 0.343 e. The first kappa shape index (κ1) is 27.7. The van der Waals surface area contributed by atoms with Crippen LogP contribution in [0, 0.1) is 6.92 Å². The zero-order valence-corrected chi connectivity index (χ0v) is 23.5. The summed E-state index contributed by atoms with van der Waals surface area (Å²) in [5, 5.41) is 32.0. The van der Waals surface area contributed by atoms with Crippen LogP contribution in [0.2, 0.25) is 0 Å². The topological polar surface area (TPSA) is 227 Å². The highest BCUT2D eigenvalue weighted by molar-refractivity contribution is 5.98. The second-order valence-electron chi connectivity index (χ2n) is 11.8. The molecule has 4 atom stereocenters. The Balaban J connectivity index is 1.26. The summed E-state index contributed by atoms with van der Waals surface area (Å²) in [4.78, 5) is 43.5. The summed E-state index contributed by atoms with van der Waals surface area (Å²) in [6.07, 6.45) is 3.68. The number of nitrogens with one attached hydrogen (secondary N) is 4.